The molecule has 7 heteroatoms. The molecule has 0 saturated carbocycles. The van der Waals surface area contributed by atoms with E-state index in [1.165, 1.54) is 12.8 Å². The first-order valence-electron chi connectivity index (χ1n) is 10.0. The molecular formula is C23H26BrN3O3. The first-order chi connectivity index (χ1) is 14.6. The minimum atomic E-state index is -0.255. The van der Waals surface area contributed by atoms with E-state index in [0.717, 1.165) is 28.8 Å². The van der Waals surface area contributed by atoms with E-state index in [0.29, 0.717) is 30.3 Å². The molecule has 1 saturated heterocycles. The van der Waals surface area contributed by atoms with E-state index in [-0.39, 0.29) is 5.91 Å². The van der Waals surface area contributed by atoms with Crippen molar-refractivity contribution >= 4 is 33.7 Å². The maximum Gasteiger partial charge on any atom is 0.271 e. The van der Waals surface area contributed by atoms with Crippen molar-refractivity contribution in [3.8, 4) is 11.5 Å². The molecule has 2 aromatic carbocycles. The second kappa shape index (κ2) is 10.8. The Hall–Kier alpha value is -2.80. The van der Waals surface area contributed by atoms with Gasteiger partial charge in [0.05, 0.1) is 17.3 Å². The van der Waals surface area contributed by atoms with Crippen LogP contribution in [0.1, 0.15) is 35.7 Å². The van der Waals surface area contributed by atoms with Gasteiger partial charge in [-0.25, -0.2) is 5.43 Å². The molecule has 158 valence electrons. The second-order valence-corrected chi connectivity index (χ2v) is 7.66. The molecule has 0 unspecified atom stereocenters. The van der Waals surface area contributed by atoms with E-state index in [1.54, 1.807) is 12.3 Å². The van der Waals surface area contributed by atoms with Gasteiger partial charge in [-0.15, -0.1) is 0 Å². The van der Waals surface area contributed by atoms with E-state index >= 15 is 0 Å². The maximum absolute atomic E-state index is 12.4. The minimum absolute atomic E-state index is 0.255. The lowest BCUT2D eigenvalue weighted by atomic mass is 10.2. The molecule has 0 bridgehead atoms. The summed E-state index contributed by atoms with van der Waals surface area (Å²) in [4.78, 5) is 14.7. The zero-order valence-electron chi connectivity index (χ0n) is 17.1. The predicted octanol–water partition coefficient (Wildman–Crippen LogP) is 4.78. The standard InChI is InChI=1S/C23H26BrN3O3/c1-3-13-30-22-20(24)14-17(15-21(22)29-4-2)16-25-26-23(28)18-7-9-19(10-8-18)27-11-5-6-12-27/h3,7-10,14-16H,1,4-6,11-13H2,2H3,(H,26,28)/b25-16-. The summed E-state index contributed by atoms with van der Waals surface area (Å²) < 4.78 is 12.1. The number of amides is 1. The first-order valence-corrected chi connectivity index (χ1v) is 10.8. The van der Waals surface area contributed by atoms with E-state index in [2.05, 4.69) is 37.9 Å². The van der Waals surface area contributed by atoms with Crippen molar-refractivity contribution in [3.05, 3.63) is 64.7 Å². The van der Waals surface area contributed by atoms with Gasteiger partial charge in [0.1, 0.15) is 6.61 Å². The van der Waals surface area contributed by atoms with Crippen molar-refractivity contribution in [1.82, 2.24) is 5.43 Å². The summed E-state index contributed by atoms with van der Waals surface area (Å²) in [6.07, 6.45) is 5.69. The summed E-state index contributed by atoms with van der Waals surface area (Å²) in [5, 5.41) is 4.08. The quantitative estimate of drug-likeness (QED) is 0.324. The smallest absolute Gasteiger partial charge is 0.271 e. The molecule has 0 spiro atoms. The predicted molar refractivity (Wildman–Crippen MR) is 124 cm³/mol. The van der Waals surface area contributed by atoms with E-state index in [1.807, 2.05) is 43.3 Å². The maximum atomic E-state index is 12.4. The normalized spacial score (nSPS) is 13.5. The van der Waals surface area contributed by atoms with Gasteiger partial charge in [-0.1, -0.05) is 12.7 Å². The van der Waals surface area contributed by atoms with Crippen molar-refractivity contribution in [2.75, 3.05) is 31.2 Å². The van der Waals surface area contributed by atoms with Crippen LogP contribution >= 0.6 is 15.9 Å². The van der Waals surface area contributed by atoms with Gasteiger partial charge in [0, 0.05) is 24.3 Å². The Morgan fingerprint density at radius 1 is 1.23 bits per heavy atom. The highest BCUT2D eigenvalue weighted by Gasteiger charge is 2.13. The molecule has 0 atom stereocenters. The number of halogens is 1. The molecule has 1 N–H and O–H groups in total. The lowest BCUT2D eigenvalue weighted by Crippen LogP contribution is -2.19. The molecule has 1 aliphatic heterocycles. The Morgan fingerprint density at radius 3 is 2.63 bits per heavy atom. The van der Waals surface area contributed by atoms with Gasteiger partial charge in [-0.2, -0.15) is 5.10 Å². The van der Waals surface area contributed by atoms with Crippen LogP contribution in [-0.4, -0.2) is 38.4 Å². The van der Waals surface area contributed by atoms with Crippen molar-refractivity contribution < 1.29 is 14.3 Å². The zero-order valence-corrected chi connectivity index (χ0v) is 18.7. The monoisotopic (exact) mass is 471 g/mol. The Morgan fingerprint density at radius 2 is 1.97 bits per heavy atom. The van der Waals surface area contributed by atoms with Gasteiger partial charge < -0.3 is 14.4 Å². The highest BCUT2D eigenvalue weighted by atomic mass is 79.9. The number of carbonyl (C=O) groups excluding carboxylic acids is 1. The molecule has 2 aromatic rings. The Bertz CT molecular complexity index is 907. The summed E-state index contributed by atoms with van der Waals surface area (Å²) in [5.41, 5.74) is 5.06. The van der Waals surface area contributed by atoms with Crippen molar-refractivity contribution in [3.63, 3.8) is 0 Å². The Labute approximate surface area is 185 Å². The molecule has 30 heavy (non-hydrogen) atoms. The Balaban J connectivity index is 1.65. The van der Waals surface area contributed by atoms with Gasteiger partial charge in [0.2, 0.25) is 0 Å². The molecule has 1 fully saturated rings. The molecule has 1 amide bonds. The summed E-state index contributed by atoms with van der Waals surface area (Å²) in [6, 6.07) is 11.3. The van der Waals surface area contributed by atoms with Crippen LogP contribution in [0.25, 0.3) is 0 Å². The van der Waals surface area contributed by atoms with Gasteiger partial charge >= 0.3 is 0 Å². The summed E-state index contributed by atoms with van der Waals surface area (Å²) in [7, 11) is 0. The minimum Gasteiger partial charge on any atom is -0.490 e. The van der Waals surface area contributed by atoms with Gasteiger partial charge in [-0.3, -0.25) is 4.79 Å². The van der Waals surface area contributed by atoms with Crippen molar-refractivity contribution in [2.45, 2.75) is 19.8 Å². The number of hydrogen-bond donors (Lipinski definition) is 1. The third-order valence-electron chi connectivity index (χ3n) is 4.66. The fourth-order valence-corrected chi connectivity index (χ4v) is 3.81. The SMILES string of the molecule is C=CCOc1c(Br)cc(/C=N\NC(=O)c2ccc(N3CCCC3)cc2)cc1OCC. The fourth-order valence-electron chi connectivity index (χ4n) is 3.24. The number of hydrogen-bond acceptors (Lipinski definition) is 5. The average molecular weight is 472 g/mol. The summed E-state index contributed by atoms with van der Waals surface area (Å²) in [5.74, 6) is 0.948. The number of rotatable bonds is 9. The van der Waals surface area contributed by atoms with Gasteiger partial charge in [0.15, 0.2) is 11.5 Å². The molecule has 6 nitrogen and oxygen atoms in total. The van der Waals surface area contributed by atoms with Gasteiger partial charge in [0.25, 0.3) is 5.91 Å². The number of hydrazone groups is 1. The van der Waals surface area contributed by atoms with Crippen LogP contribution in [0.15, 0.2) is 58.6 Å². The largest absolute Gasteiger partial charge is 0.490 e. The van der Waals surface area contributed by atoms with Crippen LogP contribution < -0.4 is 19.8 Å². The highest BCUT2D eigenvalue weighted by molar-refractivity contribution is 9.10. The van der Waals surface area contributed by atoms with E-state index < -0.39 is 0 Å². The molecule has 0 aliphatic carbocycles. The second-order valence-electron chi connectivity index (χ2n) is 6.80. The third kappa shape index (κ3) is 5.63. The van der Waals surface area contributed by atoms with Crippen LogP contribution in [0.4, 0.5) is 5.69 Å². The third-order valence-corrected chi connectivity index (χ3v) is 5.25. The number of anilines is 1. The molecular weight excluding hydrogens is 446 g/mol. The zero-order chi connectivity index (χ0) is 21.3. The first kappa shape index (κ1) is 21.9. The van der Waals surface area contributed by atoms with Crippen molar-refractivity contribution in [1.29, 1.82) is 0 Å². The highest BCUT2D eigenvalue weighted by Crippen LogP contribution is 2.36. The molecule has 3 rings (SSSR count). The van der Waals surface area contributed by atoms with Gasteiger partial charge in [-0.05, 0) is 77.7 Å². The lowest BCUT2D eigenvalue weighted by Gasteiger charge is -2.17. The average Bonchev–Trinajstić information content (AvgIpc) is 3.28. The topological polar surface area (TPSA) is 63.2 Å². The fraction of sp³-hybridized carbons (Fsp3) is 0.304. The van der Waals surface area contributed by atoms with Crippen LogP contribution in [0.5, 0.6) is 11.5 Å². The Kier molecular flexibility index (Phi) is 7.90. The lowest BCUT2D eigenvalue weighted by molar-refractivity contribution is 0.0955. The number of carbonyl (C=O) groups is 1. The molecule has 0 aromatic heterocycles. The van der Waals surface area contributed by atoms with Crippen LogP contribution in [0.3, 0.4) is 0 Å². The number of benzene rings is 2. The number of ether oxygens (including phenoxy) is 2. The van der Waals surface area contributed by atoms with Crippen LogP contribution in [-0.2, 0) is 0 Å². The number of nitrogens with zero attached hydrogens (tertiary/aromatic N) is 2. The van der Waals surface area contributed by atoms with Crippen LogP contribution in [0, 0.1) is 0 Å². The molecule has 1 aliphatic rings. The summed E-state index contributed by atoms with van der Waals surface area (Å²) in [6.45, 7) is 8.59. The van der Waals surface area contributed by atoms with Crippen LogP contribution in [0.2, 0.25) is 0 Å². The van der Waals surface area contributed by atoms with E-state index in [9.17, 15) is 4.79 Å². The number of nitrogens with one attached hydrogen (secondary N) is 1. The van der Waals surface area contributed by atoms with E-state index in [4.69, 9.17) is 9.47 Å². The molecule has 1 heterocycles. The summed E-state index contributed by atoms with van der Waals surface area (Å²) >= 11 is 3.50. The molecule has 0 radical (unpaired) electrons. The van der Waals surface area contributed by atoms with Crippen molar-refractivity contribution in [2.24, 2.45) is 5.10 Å².